The number of hydrogen-bond donors (Lipinski definition) is 0. The zero-order valence-electron chi connectivity index (χ0n) is 14.0. The first kappa shape index (κ1) is 13.4. The smallest absolute Gasteiger partial charge is 0.159 e. The van der Waals surface area contributed by atoms with Crippen molar-refractivity contribution < 1.29 is 4.42 Å². The van der Waals surface area contributed by atoms with Crippen LogP contribution in [0.5, 0.6) is 0 Å². The summed E-state index contributed by atoms with van der Waals surface area (Å²) < 4.78 is 6.32. The highest BCUT2D eigenvalue weighted by Gasteiger charge is 2.51. The van der Waals surface area contributed by atoms with E-state index in [4.69, 9.17) is 4.42 Å². The molecule has 0 aliphatic carbocycles. The molecule has 2 aromatic carbocycles. The molecule has 0 N–H and O–H groups in total. The number of aryl methyl sites for hydroxylation is 1. The molecule has 2 aliphatic rings. The van der Waals surface area contributed by atoms with Gasteiger partial charge in [0.05, 0.1) is 17.4 Å². The van der Waals surface area contributed by atoms with Gasteiger partial charge in [0.15, 0.2) is 5.58 Å². The molecular weight excluding hydrogens is 284 g/mol. The molecule has 23 heavy (non-hydrogen) atoms. The molecular formula is C20H22N2O. The molecule has 0 amide bonds. The maximum absolute atomic E-state index is 6.32. The van der Waals surface area contributed by atoms with E-state index >= 15 is 0 Å². The lowest BCUT2D eigenvalue weighted by Gasteiger charge is -2.42. The molecule has 0 spiro atoms. The summed E-state index contributed by atoms with van der Waals surface area (Å²) in [6.45, 7) is 9.30. The van der Waals surface area contributed by atoms with E-state index in [2.05, 4.69) is 60.9 Å². The summed E-state index contributed by atoms with van der Waals surface area (Å²) in [6.07, 6.45) is 1.67. The molecule has 2 fully saturated rings. The molecule has 3 atom stereocenters. The van der Waals surface area contributed by atoms with Crippen LogP contribution in [-0.4, -0.2) is 29.7 Å². The maximum Gasteiger partial charge on any atom is 0.159 e. The van der Waals surface area contributed by atoms with Crippen molar-refractivity contribution in [2.75, 3.05) is 18.0 Å². The quantitative estimate of drug-likeness (QED) is 0.659. The van der Waals surface area contributed by atoms with Gasteiger partial charge < -0.3 is 9.32 Å². The fourth-order valence-corrected chi connectivity index (χ4v) is 4.74. The summed E-state index contributed by atoms with van der Waals surface area (Å²) >= 11 is 0. The van der Waals surface area contributed by atoms with Gasteiger partial charge in [-0.25, -0.2) is 0 Å². The van der Waals surface area contributed by atoms with Crippen LogP contribution in [0, 0.1) is 6.92 Å². The summed E-state index contributed by atoms with van der Waals surface area (Å²) in [4.78, 5) is 5.19. The number of furan rings is 1. The largest absolute Gasteiger partial charge is 0.454 e. The molecule has 3 nitrogen and oxygen atoms in total. The van der Waals surface area contributed by atoms with Gasteiger partial charge in [0.2, 0.25) is 0 Å². The summed E-state index contributed by atoms with van der Waals surface area (Å²) in [6, 6.07) is 12.8. The molecule has 3 heterocycles. The maximum atomic E-state index is 6.32. The van der Waals surface area contributed by atoms with E-state index in [1.165, 1.54) is 35.0 Å². The molecule has 2 aliphatic heterocycles. The highest BCUT2D eigenvalue weighted by molar-refractivity contribution is 6.09. The van der Waals surface area contributed by atoms with E-state index < -0.39 is 0 Å². The topological polar surface area (TPSA) is 19.6 Å². The van der Waals surface area contributed by atoms with E-state index in [1.54, 1.807) is 0 Å². The van der Waals surface area contributed by atoms with Crippen molar-refractivity contribution in [3.8, 4) is 0 Å². The summed E-state index contributed by atoms with van der Waals surface area (Å²) in [5, 5.41) is 2.45. The van der Waals surface area contributed by atoms with Gasteiger partial charge in [-0.15, -0.1) is 0 Å². The van der Waals surface area contributed by atoms with Gasteiger partial charge in [-0.1, -0.05) is 30.3 Å². The molecule has 118 valence electrons. The summed E-state index contributed by atoms with van der Waals surface area (Å²) in [5.41, 5.74) is 4.84. The van der Waals surface area contributed by atoms with Gasteiger partial charge in [0.25, 0.3) is 0 Å². The van der Waals surface area contributed by atoms with Gasteiger partial charge in [-0.05, 0) is 38.8 Å². The molecule has 2 saturated heterocycles. The first-order valence-electron chi connectivity index (χ1n) is 8.53. The minimum Gasteiger partial charge on any atom is -0.454 e. The van der Waals surface area contributed by atoms with Gasteiger partial charge in [-0.2, -0.15) is 0 Å². The zero-order chi connectivity index (χ0) is 15.8. The molecule has 0 radical (unpaired) electrons. The zero-order valence-corrected chi connectivity index (χ0v) is 14.0. The minimum atomic E-state index is 0.220. The number of fused-ring (bicyclic) bond motifs is 5. The number of rotatable bonds is 1. The standard InChI is InChI=1S/C20H22N2O/c1-13-8-9-16-15-6-4-5-7-17(15)23-19(16)18(13)22-14(2)21-11-10-20(22,3)12-21/h4-9,14H,10-12H2,1-3H3/t14-,20?/m0/s1. The van der Waals surface area contributed by atoms with Gasteiger partial charge in [-0.3, -0.25) is 4.90 Å². The summed E-state index contributed by atoms with van der Waals surface area (Å²) in [5.74, 6) is 0. The first-order chi connectivity index (χ1) is 11.1. The normalized spacial score (nSPS) is 30.0. The Balaban J connectivity index is 1.83. The number of para-hydroxylation sites is 1. The Bertz CT molecular complexity index is 928. The van der Waals surface area contributed by atoms with Crippen molar-refractivity contribution in [3.63, 3.8) is 0 Å². The Labute approximate surface area is 136 Å². The second-order valence-electron chi connectivity index (χ2n) is 7.43. The van der Waals surface area contributed by atoms with Crippen LogP contribution in [0.15, 0.2) is 40.8 Å². The van der Waals surface area contributed by atoms with Crippen molar-refractivity contribution >= 4 is 27.6 Å². The van der Waals surface area contributed by atoms with Crippen LogP contribution in [0.4, 0.5) is 5.69 Å². The third kappa shape index (κ3) is 1.63. The van der Waals surface area contributed by atoms with Gasteiger partial charge in [0.1, 0.15) is 5.58 Å². The highest BCUT2D eigenvalue weighted by atomic mass is 16.3. The average Bonchev–Trinajstić information content (AvgIpc) is 3.17. The average molecular weight is 306 g/mol. The van der Waals surface area contributed by atoms with Crippen molar-refractivity contribution in [1.29, 1.82) is 0 Å². The third-order valence-corrected chi connectivity index (χ3v) is 5.93. The lowest BCUT2D eigenvalue weighted by atomic mass is 9.96. The van der Waals surface area contributed by atoms with Crippen molar-refractivity contribution in [2.24, 2.45) is 0 Å². The first-order valence-corrected chi connectivity index (χ1v) is 8.53. The summed E-state index contributed by atoms with van der Waals surface area (Å²) in [7, 11) is 0. The van der Waals surface area contributed by atoms with Crippen LogP contribution in [0.1, 0.15) is 25.8 Å². The number of nitrogens with zero attached hydrogens (tertiary/aromatic N) is 2. The van der Waals surface area contributed by atoms with Crippen LogP contribution >= 0.6 is 0 Å². The number of anilines is 1. The van der Waals surface area contributed by atoms with Crippen LogP contribution in [0.25, 0.3) is 21.9 Å². The predicted octanol–water partition coefficient (Wildman–Crippen LogP) is 4.52. The third-order valence-electron chi connectivity index (χ3n) is 5.93. The van der Waals surface area contributed by atoms with Crippen molar-refractivity contribution in [2.45, 2.75) is 38.9 Å². The Morgan fingerprint density at radius 2 is 1.96 bits per heavy atom. The van der Waals surface area contributed by atoms with Crippen LogP contribution in [0.2, 0.25) is 0 Å². The number of hydrogen-bond acceptors (Lipinski definition) is 3. The lowest BCUT2D eigenvalue weighted by molar-refractivity contribution is 0.278. The Morgan fingerprint density at radius 1 is 1.13 bits per heavy atom. The SMILES string of the molecule is Cc1ccc2c(oc3ccccc32)c1N1[C@@H](C)N2CCC1(C)C2. The fourth-order valence-electron chi connectivity index (χ4n) is 4.74. The second kappa shape index (κ2) is 4.30. The molecule has 2 unspecified atom stereocenters. The number of benzene rings is 2. The monoisotopic (exact) mass is 306 g/mol. The van der Waals surface area contributed by atoms with E-state index in [0.29, 0.717) is 6.17 Å². The lowest BCUT2D eigenvalue weighted by Crippen LogP contribution is -2.50. The van der Waals surface area contributed by atoms with Crippen molar-refractivity contribution in [3.05, 3.63) is 42.0 Å². The van der Waals surface area contributed by atoms with E-state index in [0.717, 1.165) is 17.7 Å². The minimum absolute atomic E-state index is 0.220. The molecule has 3 aromatic rings. The molecule has 5 rings (SSSR count). The van der Waals surface area contributed by atoms with E-state index in [9.17, 15) is 0 Å². The predicted molar refractivity (Wildman–Crippen MR) is 95.0 cm³/mol. The Morgan fingerprint density at radius 3 is 2.74 bits per heavy atom. The van der Waals surface area contributed by atoms with Crippen molar-refractivity contribution in [1.82, 2.24) is 4.90 Å². The molecule has 1 aromatic heterocycles. The van der Waals surface area contributed by atoms with Crippen LogP contribution in [0.3, 0.4) is 0 Å². The van der Waals surface area contributed by atoms with E-state index in [1.807, 2.05) is 6.07 Å². The molecule has 2 bridgehead atoms. The fraction of sp³-hybridized carbons (Fsp3) is 0.400. The van der Waals surface area contributed by atoms with Gasteiger partial charge in [0, 0.05) is 23.9 Å². The Kier molecular flexibility index (Phi) is 2.51. The van der Waals surface area contributed by atoms with E-state index in [-0.39, 0.29) is 5.54 Å². The molecule has 3 heteroatoms. The Hall–Kier alpha value is -2.00. The van der Waals surface area contributed by atoms with Crippen LogP contribution in [-0.2, 0) is 0 Å². The van der Waals surface area contributed by atoms with Crippen LogP contribution < -0.4 is 4.90 Å². The second-order valence-corrected chi connectivity index (χ2v) is 7.43. The van der Waals surface area contributed by atoms with Gasteiger partial charge >= 0.3 is 0 Å². The highest BCUT2D eigenvalue weighted by Crippen LogP contribution is 2.47. The molecule has 0 saturated carbocycles.